The summed E-state index contributed by atoms with van der Waals surface area (Å²) in [5.41, 5.74) is 8.96. The number of nitrogens with zero attached hydrogens (tertiary/aromatic N) is 2. The van der Waals surface area contributed by atoms with Crippen LogP contribution in [-0.4, -0.2) is 43.8 Å². The number of hydrogen-bond donors (Lipinski definition) is 1. The number of nitrogens with two attached hydrogens (primary N) is 1. The zero-order valence-electron chi connectivity index (χ0n) is 16.4. The maximum atomic E-state index is 13.3. The van der Waals surface area contributed by atoms with Crippen LogP contribution in [0.5, 0.6) is 0 Å². The van der Waals surface area contributed by atoms with Crippen LogP contribution in [0, 0.1) is 6.92 Å². The lowest BCUT2D eigenvalue weighted by Crippen LogP contribution is -2.39. The SMILES string of the molecule is CC(=O)/C(C(=O)N(CCN(C)C)c1ccc(C)cc1)=C(/N)c1ccccc1. The topological polar surface area (TPSA) is 66.6 Å². The molecule has 0 aliphatic carbocycles. The Kier molecular flexibility index (Phi) is 6.91. The van der Waals surface area contributed by atoms with Gasteiger partial charge < -0.3 is 15.5 Å². The first kappa shape index (κ1) is 20.4. The lowest BCUT2D eigenvalue weighted by atomic mass is 10.0. The number of aryl methyl sites for hydroxylation is 1. The summed E-state index contributed by atoms with van der Waals surface area (Å²) in [6, 6.07) is 16.8. The molecule has 0 aromatic heterocycles. The summed E-state index contributed by atoms with van der Waals surface area (Å²) in [7, 11) is 3.88. The summed E-state index contributed by atoms with van der Waals surface area (Å²) in [4.78, 5) is 29.3. The Hall–Kier alpha value is -2.92. The van der Waals surface area contributed by atoms with Crippen LogP contribution in [0.4, 0.5) is 5.69 Å². The zero-order valence-corrected chi connectivity index (χ0v) is 16.4. The molecule has 5 nitrogen and oxygen atoms in total. The minimum absolute atomic E-state index is 0.0144. The molecule has 0 spiro atoms. The number of rotatable bonds is 7. The number of benzene rings is 2. The normalized spacial score (nSPS) is 11.9. The zero-order chi connectivity index (χ0) is 20.0. The molecule has 0 bridgehead atoms. The summed E-state index contributed by atoms with van der Waals surface area (Å²) in [5, 5.41) is 0. The number of likely N-dealkylation sites (N-methyl/N-ethyl adjacent to an activating group) is 1. The van der Waals surface area contributed by atoms with Crippen LogP contribution >= 0.6 is 0 Å². The van der Waals surface area contributed by atoms with Crippen LogP contribution in [0.3, 0.4) is 0 Å². The Bertz CT molecular complexity index is 824. The van der Waals surface area contributed by atoms with Gasteiger partial charge in [0.05, 0.1) is 5.70 Å². The van der Waals surface area contributed by atoms with Crippen LogP contribution in [0.15, 0.2) is 60.2 Å². The first-order valence-electron chi connectivity index (χ1n) is 8.90. The highest BCUT2D eigenvalue weighted by Gasteiger charge is 2.26. The van der Waals surface area contributed by atoms with E-state index in [9.17, 15) is 9.59 Å². The molecule has 2 N–H and O–H groups in total. The summed E-state index contributed by atoms with van der Waals surface area (Å²) >= 11 is 0. The van der Waals surface area contributed by atoms with Gasteiger partial charge in [-0.15, -0.1) is 0 Å². The smallest absolute Gasteiger partial charge is 0.264 e. The van der Waals surface area contributed by atoms with Crippen LogP contribution in [0.1, 0.15) is 18.1 Å². The lowest BCUT2D eigenvalue weighted by Gasteiger charge is -2.26. The fourth-order valence-corrected chi connectivity index (χ4v) is 2.73. The minimum Gasteiger partial charge on any atom is -0.397 e. The van der Waals surface area contributed by atoms with Gasteiger partial charge in [0.25, 0.3) is 5.91 Å². The molecule has 0 atom stereocenters. The summed E-state index contributed by atoms with van der Waals surface area (Å²) in [6.45, 7) is 4.48. The number of anilines is 1. The van der Waals surface area contributed by atoms with Gasteiger partial charge in [-0.05, 0) is 45.6 Å². The first-order valence-corrected chi connectivity index (χ1v) is 8.90. The monoisotopic (exact) mass is 365 g/mol. The fraction of sp³-hybridized carbons (Fsp3) is 0.273. The average molecular weight is 365 g/mol. The molecule has 2 aromatic rings. The van der Waals surface area contributed by atoms with Crippen molar-refractivity contribution >= 4 is 23.1 Å². The van der Waals surface area contributed by atoms with Crippen molar-refractivity contribution in [3.8, 4) is 0 Å². The van der Waals surface area contributed by atoms with E-state index in [4.69, 9.17) is 5.73 Å². The summed E-state index contributed by atoms with van der Waals surface area (Å²) in [6.07, 6.45) is 0. The Morgan fingerprint density at radius 2 is 1.52 bits per heavy atom. The second-order valence-corrected chi connectivity index (χ2v) is 6.81. The fourth-order valence-electron chi connectivity index (χ4n) is 2.73. The molecular weight excluding hydrogens is 338 g/mol. The molecule has 0 radical (unpaired) electrons. The molecule has 0 fully saturated rings. The largest absolute Gasteiger partial charge is 0.397 e. The molecule has 142 valence electrons. The van der Waals surface area contributed by atoms with E-state index in [2.05, 4.69) is 0 Å². The van der Waals surface area contributed by atoms with Crippen molar-refractivity contribution in [1.29, 1.82) is 0 Å². The second kappa shape index (κ2) is 9.14. The third-order valence-electron chi connectivity index (χ3n) is 4.28. The quantitative estimate of drug-likeness (QED) is 0.465. The van der Waals surface area contributed by atoms with Crippen molar-refractivity contribution in [3.05, 3.63) is 71.3 Å². The van der Waals surface area contributed by atoms with Crippen LogP contribution in [0.2, 0.25) is 0 Å². The third-order valence-corrected chi connectivity index (χ3v) is 4.28. The maximum Gasteiger partial charge on any atom is 0.264 e. The average Bonchev–Trinajstić information content (AvgIpc) is 2.63. The van der Waals surface area contributed by atoms with E-state index in [-0.39, 0.29) is 23.0 Å². The predicted octanol–water partition coefficient (Wildman–Crippen LogP) is 2.85. The highest BCUT2D eigenvalue weighted by atomic mass is 16.2. The predicted molar refractivity (Wildman–Crippen MR) is 110 cm³/mol. The van der Waals surface area contributed by atoms with Crippen molar-refractivity contribution in [2.24, 2.45) is 5.73 Å². The molecule has 0 aliphatic heterocycles. The van der Waals surface area contributed by atoms with Gasteiger partial charge in [-0.1, -0.05) is 48.0 Å². The van der Waals surface area contributed by atoms with E-state index in [1.165, 1.54) is 6.92 Å². The van der Waals surface area contributed by atoms with Gasteiger partial charge in [0.1, 0.15) is 5.57 Å². The molecule has 0 saturated heterocycles. The van der Waals surface area contributed by atoms with Gasteiger partial charge in [0, 0.05) is 18.8 Å². The third kappa shape index (κ3) is 5.28. The number of Topliss-reactive ketones (excluding diaryl/α,β-unsaturated/α-hetero) is 1. The molecule has 27 heavy (non-hydrogen) atoms. The minimum atomic E-state index is -0.380. The van der Waals surface area contributed by atoms with E-state index < -0.39 is 0 Å². The first-order chi connectivity index (χ1) is 12.8. The molecule has 0 heterocycles. The molecule has 0 saturated carbocycles. The Morgan fingerprint density at radius 3 is 2.04 bits per heavy atom. The molecular formula is C22H27N3O2. The molecule has 0 aliphatic rings. The molecule has 0 unspecified atom stereocenters. The molecule has 1 amide bonds. The van der Waals surface area contributed by atoms with Gasteiger partial charge in [-0.25, -0.2) is 0 Å². The van der Waals surface area contributed by atoms with E-state index in [0.717, 1.165) is 11.3 Å². The number of carbonyl (C=O) groups excluding carboxylic acids is 2. The second-order valence-electron chi connectivity index (χ2n) is 6.81. The van der Waals surface area contributed by atoms with E-state index in [1.54, 1.807) is 17.0 Å². The van der Waals surface area contributed by atoms with Crippen LogP contribution in [-0.2, 0) is 9.59 Å². The van der Waals surface area contributed by atoms with Crippen molar-refractivity contribution in [2.45, 2.75) is 13.8 Å². The molecule has 5 heteroatoms. The van der Waals surface area contributed by atoms with E-state index in [1.807, 2.05) is 68.4 Å². The number of amides is 1. The van der Waals surface area contributed by atoms with E-state index >= 15 is 0 Å². The number of ketones is 1. The van der Waals surface area contributed by atoms with Crippen LogP contribution in [0.25, 0.3) is 5.70 Å². The van der Waals surface area contributed by atoms with Gasteiger partial charge in [-0.3, -0.25) is 9.59 Å². The van der Waals surface area contributed by atoms with Crippen molar-refractivity contribution in [1.82, 2.24) is 4.90 Å². The van der Waals surface area contributed by atoms with Crippen molar-refractivity contribution < 1.29 is 9.59 Å². The number of carbonyl (C=O) groups is 2. The van der Waals surface area contributed by atoms with Gasteiger partial charge in [0.2, 0.25) is 0 Å². The summed E-state index contributed by atoms with van der Waals surface area (Å²) < 4.78 is 0. The Morgan fingerprint density at radius 1 is 0.926 bits per heavy atom. The van der Waals surface area contributed by atoms with Crippen molar-refractivity contribution in [3.63, 3.8) is 0 Å². The van der Waals surface area contributed by atoms with Crippen molar-refractivity contribution in [2.75, 3.05) is 32.1 Å². The molecule has 2 aromatic carbocycles. The summed E-state index contributed by atoms with van der Waals surface area (Å²) in [5.74, 6) is -0.724. The molecule has 2 rings (SSSR count). The highest BCUT2D eigenvalue weighted by Crippen LogP contribution is 2.21. The highest BCUT2D eigenvalue weighted by molar-refractivity contribution is 6.27. The maximum absolute atomic E-state index is 13.3. The van der Waals surface area contributed by atoms with Gasteiger partial charge in [-0.2, -0.15) is 0 Å². The van der Waals surface area contributed by atoms with Gasteiger partial charge >= 0.3 is 0 Å². The standard InChI is InChI=1S/C22H27N3O2/c1-16-10-12-19(13-11-16)25(15-14-24(3)4)22(27)20(17(2)26)21(23)18-8-6-5-7-9-18/h5-13H,14-15,23H2,1-4H3/b21-20-. The Balaban J connectivity index is 2.49. The van der Waals surface area contributed by atoms with Crippen LogP contribution < -0.4 is 10.6 Å². The number of hydrogen-bond acceptors (Lipinski definition) is 4. The lowest BCUT2D eigenvalue weighted by molar-refractivity contribution is -0.120. The van der Waals surface area contributed by atoms with Gasteiger partial charge in [0.15, 0.2) is 5.78 Å². The Labute approximate surface area is 161 Å². The van der Waals surface area contributed by atoms with E-state index in [0.29, 0.717) is 18.7 Å².